The first-order valence-corrected chi connectivity index (χ1v) is 9.78. The molecule has 4 heteroatoms. The maximum atomic E-state index is 11.5. The highest BCUT2D eigenvalue weighted by Gasteiger charge is 2.02. The van der Waals surface area contributed by atoms with Crippen molar-refractivity contribution in [3.63, 3.8) is 0 Å². The van der Waals surface area contributed by atoms with Gasteiger partial charge in [0.15, 0.2) is 0 Å². The summed E-state index contributed by atoms with van der Waals surface area (Å²) in [6, 6.07) is 0. The van der Waals surface area contributed by atoms with Crippen molar-refractivity contribution in [2.45, 2.75) is 90.4 Å². The highest BCUT2D eigenvalue weighted by molar-refractivity contribution is 5.69. The molecule has 0 saturated heterocycles. The zero-order valence-electron chi connectivity index (χ0n) is 15.3. The zero-order valence-corrected chi connectivity index (χ0v) is 15.3. The van der Waals surface area contributed by atoms with Gasteiger partial charge in [-0.05, 0) is 25.8 Å². The molecule has 0 radical (unpaired) electrons. The van der Waals surface area contributed by atoms with Gasteiger partial charge in [-0.25, -0.2) is 0 Å². The van der Waals surface area contributed by atoms with Crippen molar-refractivity contribution in [3.8, 4) is 0 Å². The van der Waals surface area contributed by atoms with Crippen LogP contribution >= 0.6 is 0 Å². The average molecular weight is 330 g/mol. The van der Waals surface area contributed by atoms with E-state index in [0.717, 1.165) is 25.8 Å². The number of carbonyl (C=O) groups excluding carboxylic acids is 1. The number of unbranched alkanes of at least 4 members (excludes halogenated alkanes) is 10. The van der Waals surface area contributed by atoms with Crippen molar-refractivity contribution >= 4 is 5.97 Å². The van der Waals surface area contributed by atoms with Crippen LogP contribution in [-0.2, 0) is 9.53 Å². The van der Waals surface area contributed by atoms with E-state index < -0.39 is 0 Å². The van der Waals surface area contributed by atoms with E-state index >= 15 is 0 Å². The third kappa shape index (κ3) is 19.3. The van der Waals surface area contributed by atoms with E-state index in [4.69, 9.17) is 9.84 Å². The van der Waals surface area contributed by atoms with Crippen molar-refractivity contribution < 1.29 is 14.6 Å². The fraction of sp³-hybridized carbons (Fsp3) is 0.947. The summed E-state index contributed by atoms with van der Waals surface area (Å²) >= 11 is 0. The summed E-state index contributed by atoms with van der Waals surface area (Å²) in [7, 11) is 0. The fourth-order valence-electron chi connectivity index (χ4n) is 2.57. The normalized spacial score (nSPS) is 10.9. The van der Waals surface area contributed by atoms with Crippen LogP contribution in [0.5, 0.6) is 0 Å². The van der Waals surface area contributed by atoms with Gasteiger partial charge in [0.1, 0.15) is 0 Å². The van der Waals surface area contributed by atoms with Gasteiger partial charge in [0.2, 0.25) is 0 Å². The first-order chi connectivity index (χ1) is 11.3. The fourth-order valence-corrected chi connectivity index (χ4v) is 2.57. The summed E-state index contributed by atoms with van der Waals surface area (Å²) in [5.74, 6) is -0.0181. The van der Waals surface area contributed by atoms with Gasteiger partial charge in [0, 0.05) is 13.0 Å². The molecule has 0 aliphatic carbocycles. The lowest BCUT2D eigenvalue weighted by atomic mass is 10.1. The summed E-state index contributed by atoms with van der Waals surface area (Å²) in [5.41, 5.74) is 0. The maximum Gasteiger partial charge on any atom is 0.305 e. The molecule has 0 rings (SSSR count). The van der Waals surface area contributed by atoms with E-state index in [1.807, 2.05) is 0 Å². The van der Waals surface area contributed by atoms with Crippen molar-refractivity contribution in [2.24, 2.45) is 0 Å². The van der Waals surface area contributed by atoms with Crippen LogP contribution in [0.3, 0.4) is 0 Å². The van der Waals surface area contributed by atoms with Crippen LogP contribution in [0.2, 0.25) is 0 Å². The molecule has 0 aromatic rings. The Morgan fingerprint density at radius 3 is 2.13 bits per heavy atom. The Labute approximate surface area is 143 Å². The van der Waals surface area contributed by atoms with Gasteiger partial charge >= 0.3 is 5.97 Å². The van der Waals surface area contributed by atoms with Crippen LogP contribution in [0.15, 0.2) is 0 Å². The summed E-state index contributed by atoms with van der Waals surface area (Å²) < 4.78 is 5.25. The number of aliphatic hydroxyl groups excluding tert-OH is 1. The summed E-state index contributed by atoms with van der Waals surface area (Å²) in [6.07, 6.45) is 14.8. The predicted molar refractivity (Wildman–Crippen MR) is 96.6 cm³/mol. The molecule has 0 amide bonds. The zero-order chi connectivity index (χ0) is 17.0. The second kappa shape index (κ2) is 19.4. The van der Waals surface area contributed by atoms with E-state index in [2.05, 4.69) is 12.2 Å². The second-order valence-corrected chi connectivity index (χ2v) is 6.33. The highest BCUT2D eigenvalue weighted by Crippen LogP contribution is 2.09. The van der Waals surface area contributed by atoms with Crippen LogP contribution < -0.4 is 5.32 Å². The summed E-state index contributed by atoms with van der Waals surface area (Å²) in [4.78, 5) is 11.5. The van der Waals surface area contributed by atoms with Crippen LogP contribution in [0.25, 0.3) is 0 Å². The average Bonchev–Trinajstić information content (AvgIpc) is 2.56. The number of ether oxygens (including phenoxy) is 1. The molecule has 0 atom stereocenters. The monoisotopic (exact) mass is 329 g/mol. The molecule has 0 bridgehead atoms. The van der Waals surface area contributed by atoms with Gasteiger partial charge in [-0.3, -0.25) is 4.79 Å². The Balaban J connectivity index is 3.11. The van der Waals surface area contributed by atoms with Gasteiger partial charge in [0.25, 0.3) is 0 Å². The third-order valence-corrected chi connectivity index (χ3v) is 4.03. The van der Waals surface area contributed by atoms with E-state index in [1.165, 1.54) is 57.8 Å². The number of carbonyl (C=O) groups is 1. The molecule has 0 aromatic heterocycles. The van der Waals surface area contributed by atoms with Crippen molar-refractivity contribution in [2.75, 3.05) is 26.3 Å². The van der Waals surface area contributed by atoms with Crippen LogP contribution in [0, 0.1) is 0 Å². The Morgan fingerprint density at radius 2 is 1.43 bits per heavy atom. The number of esters is 1. The van der Waals surface area contributed by atoms with Gasteiger partial charge in [-0.15, -0.1) is 0 Å². The molecular weight excluding hydrogens is 290 g/mol. The molecular formula is C19H39NO3. The largest absolute Gasteiger partial charge is 0.466 e. The highest BCUT2D eigenvalue weighted by atomic mass is 16.5. The van der Waals surface area contributed by atoms with E-state index in [0.29, 0.717) is 19.6 Å². The molecule has 0 unspecified atom stereocenters. The van der Waals surface area contributed by atoms with Gasteiger partial charge < -0.3 is 15.2 Å². The number of aliphatic hydroxyl groups is 1. The molecule has 0 fully saturated rings. The SMILES string of the molecule is CCCCCCCOC(=O)CCCCCCCCCNCCO. The summed E-state index contributed by atoms with van der Waals surface area (Å²) in [5, 5.41) is 11.8. The van der Waals surface area contributed by atoms with Crippen LogP contribution in [0.4, 0.5) is 0 Å². The smallest absolute Gasteiger partial charge is 0.305 e. The van der Waals surface area contributed by atoms with Gasteiger partial charge in [-0.1, -0.05) is 64.7 Å². The minimum absolute atomic E-state index is 0.0181. The van der Waals surface area contributed by atoms with Crippen LogP contribution in [0.1, 0.15) is 90.4 Å². The predicted octanol–water partition coefficient (Wildman–Crippen LogP) is 4.20. The lowest BCUT2D eigenvalue weighted by Gasteiger charge is -2.05. The van der Waals surface area contributed by atoms with Crippen molar-refractivity contribution in [3.05, 3.63) is 0 Å². The Bertz CT molecular complexity index is 247. The number of hydrogen-bond acceptors (Lipinski definition) is 4. The van der Waals surface area contributed by atoms with Crippen LogP contribution in [-0.4, -0.2) is 37.4 Å². The topological polar surface area (TPSA) is 58.6 Å². The molecule has 2 N–H and O–H groups in total. The maximum absolute atomic E-state index is 11.5. The molecule has 138 valence electrons. The quantitative estimate of drug-likeness (QED) is 0.292. The number of rotatable bonds is 18. The number of nitrogens with one attached hydrogen (secondary N) is 1. The van der Waals surface area contributed by atoms with Crippen molar-refractivity contribution in [1.82, 2.24) is 5.32 Å². The molecule has 0 spiro atoms. The second-order valence-electron chi connectivity index (χ2n) is 6.33. The van der Waals surface area contributed by atoms with E-state index in [9.17, 15) is 4.79 Å². The third-order valence-electron chi connectivity index (χ3n) is 4.03. The molecule has 0 aromatic carbocycles. The first kappa shape index (κ1) is 22.4. The molecule has 0 saturated carbocycles. The van der Waals surface area contributed by atoms with E-state index in [1.54, 1.807) is 0 Å². The lowest BCUT2D eigenvalue weighted by molar-refractivity contribution is -0.143. The minimum atomic E-state index is -0.0181. The molecule has 0 aliphatic heterocycles. The summed E-state index contributed by atoms with van der Waals surface area (Å²) in [6.45, 7) is 4.74. The molecule has 0 heterocycles. The first-order valence-electron chi connectivity index (χ1n) is 9.78. The Morgan fingerprint density at radius 1 is 0.826 bits per heavy atom. The standard InChI is InChI=1S/C19H39NO3/c1-2-3-4-10-13-18-23-19(22)14-11-8-6-5-7-9-12-15-20-16-17-21/h20-21H,2-18H2,1H3. The minimum Gasteiger partial charge on any atom is -0.466 e. The lowest BCUT2D eigenvalue weighted by Crippen LogP contribution is -2.19. The Hall–Kier alpha value is -0.610. The molecule has 23 heavy (non-hydrogen) atoms. The molecule has 4 nitrogen and oxygen atoms in total. The van der Waals surface area contributed by atoms with Crippen molar-refractivity contribution in [1.29, 1.82) is 0 Å². The van der Waals surface area contributed by atoms with E-state index in [-0.39, 0.29) is 12.6 Å². The Kier molecular flexibility index (Phi) is 18.9. The van der Waals surface area contributed by atoms with Gasteiger partial charge in [-0.2, -0.15) is 0 Å². The number of hydrogen-bond donors (Lipinski definition) is 2. The van der Waals surface area contributed by atoms with Gasteiger partial charge in [0.05, 0.1) is 13.2 Å². The molecule has 0 aliphatic rings.